The second-order valence-electron chi connectivity index (χ2n) is 21.7. The van der Waals surface area contributed by atoms with Crippen LogP contribution in [0.25, 0.3) is 66.5 Å². The smallest absolute Gasteiger partial charge is 0.399 e. The lowest BCUT2D eigenvalue weighted by molar-refractivity contribution is 0.00578. The van der Waals surface area contributed by atoms with Crippen molar-refractivity contribution in [1.82, 2.24) is 39.2 Å². The Labute approximate surface area is 457 Å². The van der Waals surface area contributed by atoms with Gasteiger partial charge in [0.05, 0.1) is 41.8 Å². The molecule has 0 N–H and O–H groups in total. The Morgan fingerprint density at radius 2 is 0.987 bits per heavy atom. The SMILES string of the molecule is C[C@@H]1CCC[C@H](C)N1c1ccc(-c2cnc3c(Br)cnn3c2)cc1.[2H]c1ccc2c(-c3cnn4cc(-c5ccc(N6[C@H](C)CCC[C@@H]6C)cc5)cnc34)cccc2n1.[2H]c1ccc2c(B3OC(C)(C)C(C)(C)O3)cccc2n1. The second kappa shape index (κ2) is 21.2. The Hall–Kier alpha value is -7.00. The number of hydrogen-bond acceptors (Lipinski definition) is 10. The number of aromatic nitrogens is 8. The molecule has 6 aromatic heterocycles. The Morgan fingerprint density at radius 3 is 1.54 bits per heavy atom. The summed E-state index contributed by atoms with van der Waals surface area (Å²) in [7, 11) is -0.401. The molecule has 76 heavy (non-hydrogen) atoms. The summed E-state index contributed by atoms with van der Waals surface area (Å²) in [6, 6.07) is 39.1. The van der Waals surface area contributed by atoms with Crippen LogP contribution in [0.3, 0.4) is 0 Å². The molecule has 0 spiro atoms. The molecule has 13 rings (SSSR count). The highest BCUT2D eigenvalue weighted by Crippen LogP contribution is 2.38. The number of nitrogens with zero attached hydrogens (tertiary/aromatic N) is 10. The number of rotatable bonds is 6. The van der Waals surface area contributed by atoms with Crippen LogP contribution in [-0.2, 0) is 9.31 Å². The summed E-state index contributed by atoms with van der Waals surface area (Å²) in [6.07, 6.45) is 19.8. The molecule has 4 atom stereocenters. The highest BCUT2D eigenvalue weighted by Gasteiger charge is 2.52. The molecule has 14 heteroatoms. The van der Waals surface area contributed by atoms with E-state index in [2.05, 4.69) is 133 Å². The molecule has 3 saturated heterocycles. The summed E-state index contributed by atoms with van der Waals surface area (Å²) in [5.74, 6) is 0. The topological polar surface area (TPSA) is 111 Å². The third-order valence-electron chi connectivity index (χ3n) is 16.1. The van der Waals surface area contributed by atoms with Crippen LogP contribution in [-0.4, -0.2) is 81.7 Å². The van der Waals surface area contributed by atoms with Crippen LogP contribution in [0.1, 0.15) is 96.7 Å². The molecule has 3 aliphatic heterocycles. The molecule has 0 saturated carbocycles. The summed E-state index contributed by atoms with van der Waals surface area (Å²) >= 11 is 3.46. The average molecular weight is 1080 g/mol. The zero-order chi connectivity index (χ0) is 54.5. The molecule has 386 valence electrons. The molecular formula is C62H66BBrN10O2. The van der Waals surface area contributed by atoms with Gasteiger partial charge in [0.15, 0.2) is 11.3 Å². The van der Waals surface area contributed by atoms with Gasteiger partial charge in [0, 0.05) is 94.8 Å². The third kappa shape index (κ3) is 10.1. The summed E-state index contributed by atoms with van der Waals surface area (Å²) < 4.78 is 32.2. The van der Waals surface area contributed by atoms with E-state index in [0.29, 0.717) is 24.2 Å². The first-order chi connectivity index (χ1) is 37.5. The first kappa shape index (κ1) is 48.6. The fourth-order valence-corrected chi connectivity index (χ4v) is 11.6. The van der Waals surface area contributed by atoms with E-state index in [1.165, 1.54) is 49.9 Å². The number of pyridine rings is 2. The Kier molecular flexibility index (Phi) is 13.6. The van der Waals surface area contributed by atoms with Crippen molar-refractivity contribution in [2.24, 2.45) is 0 Å². The van der Waals surface area contributed by atoms with Gasteiger partial charge in [-0.3, -0.25) is 9.97 Å². The van der Waals surface area contributed by atoms with Gasteiger partial charge in [-0.1, -0.05) is 60.7 Å². The van der Waals surface area contributed by atoms with E-state index in [4.69, 9.17) is 17.0 Å². The Bertz CT molecular complexity index is 3740. The maximum absolute atomic E-state index is 7.81. The molecule has 0 unspecified atom stereocenters. The lowest BCUT2D eigenvalue weighted by atomic mass is 9.77. The minimum absolute atomic E-state index is 0.266. The molecule has 10 aromatic rings. The Balaban J connectivity index is 0.000000129. The predicted molar refractivity (Wildman–Crippen MR) is 313 cm³/mol. The van der Waals surface area contributed by atoms with Crippen LogP contribution in [0.5, 0.6) is 0 Å². The molecule has 12 nitrogen and oxygen atoms in total. The van der Waals surface area contributed by atoms with Gasteiger partial charge in [-0.15, -0.1) is 0 Å². The normalized spacial score (nSPS) is 20.5. The summed E-state index contributed by atoms with van der Waals surface area (Å²) in [5, 5.41) is 10.9. The molecule has 0 aliphatic carbocycles. The number of hydrogen-bond donors (Lipinski definition) is 0. The summed E-state index contributed by atoms with van der Waals surface area (Å²) in [4.78, 5) is 23.0. The number of fused-ring (bicyclic) bond motifs is 4. The number of halogens is 1. The van der Waals surface area contributed by atoms with E-state index < -0.39 is 7.12 Å². The third-order valence-corrected chi connectivity index (χ3v) is 16.6. The van der Waals surface area contributed by atoms with Gasteiger partial charge in [0.2, 0.25) is 0 Å². The number of anilines is 2. The van der Waals surface area contributed by atoms with Crippen LogP contribution < -0.4 is 15.3 Å². The zero-order valence-corrected chi connectivity index (χ0v) is 46.2. The molecule has 9 heterocycles. The largest absolute Gasteiger partial charge is 0.495 e. The second-order valence-corrected chi connectivity index (χ2v) is 22.5. The van der Waals surface area contributed by atoms with Crippen LogP contribution in [0.15, 0.2) is 163 Å². The first-order valence-electron chi connectivity index (χ1n) is 27.7. The van der Waals surface area contributed by atoms with Crippen LogP contribution in [0.4, 0.5) is 11.4 Å². The van der Waals surface area contributed by atoms with Gasteiger partial charge >= 0.3 is 7.12 Å². The van der Waals surface area contributed by atoms with Gasteiger partial charge < -0.3 is 19.1 Å². The predicted octanol–water partition coefficient (Wildman–Crippen LogP) is 13.8. The zero-order valence-electron chi connectivity index (χ0n) is 46.7. The standard InChI is InChI=1S/C28H27N5.C19H21BrN4.C15H18BNO2/c1-19-6-3-7-20(2)33(19)23-13-11-21(12-14-23)22-16-30-28-26(17-31-32(28)18-22)24-8-4-10-27-25(24)9-5-15-29-27;1-13-4-3-5-14(2)24(13)17-8-6-15(7-9-17)16-10-21-19-18(20)11-22-23(19)12-16;1-14(2)15(3,4)19-16(18-14)12-8-5-9-13-11(12)7-6-10-17-13/h4-5,8-20H,3,6-7H2,1-2H3;6-14H,3-5H2,1-2H3;5-10H,1-4H3/t19-,20+;13-,14+;/i15D;;10D. The minimum atomic E-state index is -0.401. The van der Waals surface area contributed by atoms with Gasteiger partial charge in [0.25, 0.3) is 0 Å². The number of benzene rings is 4. The molecule has 3 fully saturated rings. The Morgan fingerprint density at radius 1 is 0.513 bits per heavy atom. The van der Waals surface area contributed by atoms with Crippen molar-refractivity contribution >= 4 is 73.0 Å². The van der Waals surface area contributed by atoms with Crippen molar-refractivity contribution in [1.29, 1.82) is 0 Å². The molecule has 0 amide bonds. The molecular weight excluding hydrogens is 1010 g/mol. The first-order valence-corrected chi connectivity index (χ1v) is 27.5. The van der Waals surface area contributed by atoms with Crippen molar-refractivity contribution in [2.75, 3.05) is 9.80 Å². The lowest BCUT2D eigenvalue weighted by Gasteiger charge is -2.41. The van der Waals surface area contributed by atoms with E-state index in [9.17, 15) is 0 Å². The van der Waals surface area contributed by atoms with Crippen LogP contribution in [0, 0.1) is 0 Å². The summed E-state index contributed by atoms with van der Waals surface area (Å²) in [5.41, 5.74) is 12.5. The van der Waals surface area contributed by atoms with Crippen molar-refractivity contribution in [3.8, 4) is 33.4 Å². The average Bonchev–Trinajstić information content (AvgIpc) is 4.15. The summed E-state index contributed by atoms with van der Waals surface area (Å²) in [6.45, 7) is 17.5. The van der Waals surface area contributed by atoms with Crippen molar-refractivity contribution < 1.29 is 12.1 Å². The van der Waals surface area contributed by atoms with Crippen LogP contribution in [0.2, 0.25) is 0 Å². The van der Waals surface area contributed by atoms with E-state index in [1.807, 2.05) is 110 Å². The fourth-order valence-electron chi connectivity index (χ4n) is 11.3. The van der Waals surface area contributed by atoms with E-state index in [0.717, 1.165) is 76.4 Å². The fraction of sp³-hybridized carbons (Fsp3) is 0.323. The molecule has 0 radical (unpaired) electrons. The highest BCUT2D eigenvalue weighted by molar-refractivity contribution is 9.10. The van der Waals surface area contributed by atoms with Gasteiger partial charge in [-0.05, 0) is 186 Å². The lowest BCUT2D eigenvalue weighted by Crippen LogP contribution is -2.43. The highest BCUT2D eigenvalue weighted by atomic mass is 79.9. The van der Waals surface area contributed by atoms with E-state index in [-0.39, 0.29) is 23.5 Å². The van der Waals surface area contributed by atoms with Crippen molar-refractivity contribution in [3.05, 3.63) is 163 Å². The molecule has 0 bridgehead atoms. The van der Waals surface area contributed by atoms with Crippen LogP contribution >= 0.6 is 15.9 Å². The maximum atomic E-state index is 7.81. The quantitative estimate of drug-likeness (QED) is 0.149. The van der Waals surface area contributed by atoms with Gasteiger partial charge in [-0.2, -0.15) is 10.2 Å². The van der Waals surface area contributed by atoms with E-state index in [1.54, 1.807) is 18.3 Å². The van der Waals surface area contributed by atoms with Crippen molar-refractivity contribution in [2.45, 2.75) is 129 Å². The molecule has 4 aromatic carbocycles. The monoisotopic (exact) mass is 1070 g/mol. The maximum Gasteiger partial charge on any atom is 0.495 e. The van der Waals surface area contributed by atoms with Gasteiger partial charge in [0.1, 0.15) is 0 Å². The minimum Gasteiger partial charge on any atom is -0.399 e. The van der Waals surface area contributed by atoms with E-state index >= 15 is 0 Å². The van der Waals surface area contributed by atoms with Gasteiger partial charge in [-0.25, -0.2) is 19.0 Å². The number of piperidine rings is 2. The molecule has 3 aliphatic rings. The van der Waals surface area contributed by atoms with Crippen molar-refractivity contribution in [3.63, 3.8) is 0 Å².